The SMILES string of the molecule is Cc1nc2cc(C(F)(F)F)ccc2n1/C=C/NC(=O)c1ccc(Cl)cc1. The van der Waals surface area contributed by atoms with Crippen molar-refractivity contribution in [2.24, 2.45) is 0 Å². The van der Waals surface area contributed by atoms with Gasteiger partial charge in [-0.15, -0.1) is 0 Å². The predicted molar refractivity (Wildman–Crippen MR) is 93.7 cm³/mol. The lowest BCUT2D eigenvalue weighted by Crippen LogP contribution is -2.17. The summed E-state index contributed by atoms with van der Waals surface area (Å²) in [4.78, 5) is 16.2. The van der Waals surface area contributed by atoms with Crippen molar-refractivity contribution in [3.8, 4) is 0 Å². The predicted octanol–water partition coefficient (Wildman–Crippen LogP) is 4.88. The summed E-state index contributed by atoms with van der Waals surface area (Å²) < 4.78 is 40.0. The van der Waals surface area contributed by atoms with Crippen LogP contribution in [0.25, 0.3) is 17.2 Å². The number of imidazole rings is 1. The highest BCUT2D eigenvalue weighted by molar-refractivity contribution is 6.30. The molecule has 1 N–H and O–H groups in total. The van der Waals surface area contributed by atoms with Crippen molar-refractivity contribution in [1.82, 2.24) is 14.9 Å². The molecule has 2 aromatic carbocycles. The second-order valence-corrected chi connectivity index (χ2v) is 5.96. The van der Waals surface area contributed by atoms with Gasteiger partial charge in [-0.1, -0.05) is 11.6 Å². The minimum absolute atomic E-state index is 0.228. The maximum absolute atomic E-state index is 12.8. The lowest BCUT2D eigenvalue weighted by molar-refractivity contribution is -0.137. The molecule has 3 rings (SSSR count). The van der Waals surface area contributed by atoms with Crippen LogP contribution in [-0.4, -0.2) is 15.5 Å². The molecule has 3 aromatic rings. The van der Waals surface area contributed by atoms with Crippen LogP contribution in [-0.2, 0) is 6.18 Å². The third-order valence-corrected chi connectivity index (χ3v) is 3.99. The van der Waals surface area contributed by atoms with Crippen LogP contribution in [0.2, 0.25) is 5.02 Å². The van der Waals surface area contributed by atoms with Gasteiger partial charge in [0.15, 0.2) is 0 Å². The molecule has 0 saturated carbocycles. The maximum Gasteiger partial charge on any atom is 0.416 e. The summed E-state index contributed by atoms with van der Waals surface area (Å²) in [7, 11) is 0. The Kier molecular flexibility index (Phi) is 4.73. The van der Waals surface area contributed by atoms with Gasteiger partial charge in [-0.05, 0) is 49.4 Å². The number of aryl methyl sites for hydroxylation is 1. The molecule has 8 heteroatoms. The van der Waals surface area contributed by atoms with Crippen LogP contribution in [0.1, 0.15) is 21.7 Å². The van der Waals surface area contributed by atoms with Crippen LogP contribution in [0.3, 0.4) is 0 Å². The zero-order valence-electron chi connectivity index (χ0n) is 13.5. The maximum atomic E-state index is 12.8. The summed E-state index contributed by atoms with van der Waals surface area (Å²) in [6, 6.07) is 9.73. The van der Waals surface area contributed by atoms with Gasteiger partial charge in [-0.2, -0.15) is 13.2 Å². The summed E-state index contributed by atoms with van der Waals surface area (Å²) in [5, 5.41) is 3.12. The van der Waals surface area contributed by atoms with Crippen LogP contribution >= 0.6 is 11.6 Å². The second-order valence-electron chi connectivity index (χ2n) is 5.53. The molecule has 0 radical (unpaired) electrons. The van der Waals surface area contributed by atoms with Crippen LogP contribution < -0.4 is 5.32 Å². The molecule has 1 aromatic heterocycles. The fourth-order valence-electron chi connectivity index (χ4n) is 2.46. The zero-order valence-corrected chi connectivity index (χ0v) is 14.3. The van der Waals surface area contributed by atoms with Crippen molar-refractivity contribution in [3.63, 3.8) is 0 Å². The van der Waals surface area contributed by atoms with E-state index in [1.54, 1.807) is 35.8 Å². The number of rotatable bonds is 3. The Hall–Kier alpha value is -2.80. The van der Waals surface area contributed by atoms with Crippen molar-refractivity contribution in [1.29, 1.82) is 0 Å². The smallest absolute Gasteiger partial charge is 0.327 e. The molecule has 0 saturated heterocycles. The van der Waals surface area contributed by atoms with E-state index in [0.717, 1.165) is 12.1 Å². The molecule has 0 aliphatic rings. The van der Waals surface area contributed by atoms with Gasteiger partial charge in [0.05, 0.1) is 16.6 Å². The highest BCUT2D eigenvalue weighted by atomic mass is 35.5. The molecule has 0 aliphatic heterocycles. The van der Waals surface area contributed by atoms with E-state index in [4.69, 9.17) is 11.6 Å². The lowest BCUT2D eigenvalue weighted by atomic mass is 10.2. The molecular weight excluding hydrogens is 367 g/mol. The van der Waals surface area contributed by atoms with E-state index in [1.165, 1.54) is 18.5 Å². The first-order valence-corrected chi connectivity index (χ1v) is 7.92. The largest absolute Gasteiger partial charge is 0.416 e. The van der Waals surface area contributed by atoms with Crippen molar-refractivity contribution in [2.45, 2.75) is 13.1 Å². The Labute approximate surface area is 151 Å². The van der Waals surface area contributed by atoms with Gasteiger partial charge in [0, 0.05) is 23.0 Å². The van der Waals surface area contributed by atoms with Crippen LogP contribution in [0, 0.1) is 6.92 Å². The molecule has 1 amide bonds. The average molecular weight is 380 g/mol. The number of hydrogen-bond acceptors (Lipinski definition) is 2. The molecule has 0 atom stereocenters. The Balaban J connectivity index is 1.82. The lowest BCUT2D eigenvalue weighted by Gasteiger charge is -2.06. The van der Waals surface area contributed by atoms with Gasteiger partial charge in [0.25, 0.3) is 5.91 Å². The first kappa shape index (κ1) is 18.0. The van der Waals surface area contributed by atoms with Crippen LogP contribution in [0.5, 0.6) is 0 Å². The molecule has 4 nitrogen and oxygen atoms in total. The van der Waals surface area contributed by atoms with Gasteiger partial charge in [0.1, 0.15) is 5.82 Å². The fraction of sp³-hybridized carbons (Fsp3) is 0.111. The number of amides is 1. The number of halogens is 4. The van der Waals surface area contributed by atoms with Crippen molar-refractivity contribution >= 4 is 34.7 Å². The molecule has 0 bridgehead atoms. The third kappa shape index (κ3) is 3.72. The van der Waals surface area contributed by atoms with E-state index in [2.05, 4.69) is 10.3 Å². The summed E-state index contributed by atoms with van der Waals surface area (Å²) >= 11 is 5.77. The van der Waals surface area contributed by atoms with Crippen LogP contribution in [0.15, 0.2) is 48.7 Å². The van der Waals surface area contributed by atoms with Crippen molar-refractivity contribution in [3.05, 3.63) is 70.6 Å². The molecule has 0 spiro atoms. The molecule has 1 heterocycles. The quantitative estimate of drug-likeness (QED) is 0.705. The van der Waals surface area contributed by atoms with E-state index in [-0.39, 0.29) is 11.4 Å². The monoisotopic (exact) mass is 379 g/mol. The molecule has 0 aliphatic carbocycles. The number of benzene rings is 2. The van der Waals surface area contributed by atoms with E-state index in [1.807, 2.05) is 0 Å². The van der Waals surface area contributed by atoms with Gasteiger partial charge in [0.2, 0.25) is 0 Å². The minimum atomic E-state index is -4.42. The second kappa shape index (κ2) is 6.84. The van der Waals surface area contributed by atoms with E-state index >= 15 is 0 Å². The number of carbonyl (C=O) groups is 1. The number of hydrogen-bond donors (Lipinski definition) is 1. The third-order valence-electron chi connectivity index (χ3n) is 3.74. The normalized spacial score (nSPS) is 12.0. The molecular formula is C18H13ClF3N3O. The summed E-state index contributed by atoms with van der Waals surface area (Å²) in [6.45, 7) is 1.67. The van der Waals surface area contributed by atoms with E-state index in [0.29, 0.717) is 21.9 Å². The number of aromatic nitrogens is 2. The van der Waals surface area contributed by atoms with Crippen molar-refractivity contribution < 1.29 is 18.0 Å². The highest BCUT2D eigenvalue weighted by Crippen LogP contribution is 2.31. The first-order valence-electron chi connectivity index (χ1n) is 7.54. The summed E-state index contributed by atoms with van der Waals surface area (Å²) in [5.41, 5.74) is 0.411. The van der Waals surface area contributed by atoms with Gasteiger partial charge in [-0.25, -0.2) is 4.98 Å². The van der Waals surface area contributed by atoms with Crippen LogP contribution in [0.4, 0.5) is 13.2 Å². The summed E-state index contributed by atoms with van der Waals surface area (Å²) in [5.74, 6) is 0.163. The average Bonchev–Trinajstić information content (AvgIpc) is 2.89. The number of carbonyl (C=O) groups excluding carboxylic acids is 1. The number of nitrogens with zero attached hydrogens (tertiary/aromatic N) is 2. The Morgan fingerprint density at radius 2 is 1.88 bits per heavy atom. The van der Waals surface area contributed by atoms with Gasteiger partial charge < -0.3 is 9.88 Å². The molecule has 134 valence electrons. The van der Waals surface area contributed by atoms with E-state index < -0.39 is 11.7 Å². The number of fused-ring (bicyclic) bond motifs is 1. The molecule has 26 heavy (non-hydrogen) atoms. The highest BCUT2D eigenvalue weighted by Gasteiger charge is 2.30. The van der Waals surface area contributed by atoms with Gasteiger partial charge in [-0.3, -0.25) is 4.79 Å². The Bertz CT molecular complexity index is 991. The standard InChI is InChI=1S/C18H13ClF3N3O/c1-11-24-15-10-13(18(20,21)22)4-7-16(15)25(11)9-8-23-17(26)12-2-5-14(19)6-3-12/h2-10H,1H3,(H,23,26)/b9-8+. The molecule has 0 fully saturated rings. The minimum Gasteiger partial charge on any atom is -0.327 e. The topological polar surface area (TPSA) is 46.9 Å². The zero-order chi connectivity index (χ0) is 18.9. The Morgan fingerprint density at radius 3 is 2.54 bits per heavy atom. The fourth-order valence-corrected chi connectivity index (χ4v) is 2.58. The molecule has 0 unspecified atom stereocenters. The van der Waals surface area contributed by atoms with Gasteiger partial charge >= 0.3 is 6.18 Å². The number of nitrogens with one attached hydrogen (secondary N) is 1. The first-order chi connectivity index (χ1) is 12.3. The van der Waals surface area contributed by atoms with E-state index in [9.17, 15) is 18.0 Å². The van der Waals surface area contributed by atoms with Crippen molar-refractivity contribution in [2.75, 3.05) is 0 Å². The summed E-state index contributed by atoms with van der Waals surface area (Å²) in [6.07, 6.45) is -1.48. The Morgan fingerprint density at radius 1 is 1.19 bits per heavy atom. The number of alkyl halides is 3.